The normalized spacial score (nSPS) is 21.5. The predicted molar refractivity (Wildman–Crippen MR) is 114 cm³/mol. The zero-order valence-corrected chi connectivity index (χ0v) is 21.8. The van der Waals surface area contributed by atoms with E-state index in [2.05, 4.69) is 52.2 Å². The van der Waals surface area contributed by atoms with Crippen molar-refractivity contribution in [3.8, 4) is 0 Å². The third kappa shape index (κ3) is 16.4. The summed E-state index contributed by atoms with van der Waals surface area (Å²) in [5.41, 5.74) is 1.02. The molecule has 0 aromatic rings. The van der Waals surface area contributed by atoms with Crippen molar-refractivity contribution in [2.24, 2.45) is 22.7 Å². The molecule has 0 amide bonds. The van der Waals surface area contributed by atoms with Crippen LogP contribution < -0.4 is 0 Å². The Labute approximate surface area is 175 Å². The van der Waals surface area contributed by atoms with Crippen LogP contribution in [-0.2, 0) is 11.9 Å². The second kappa shape index (κ2) is 12.4. The topological polar surface area (TPSA) is 28.2 Å². The third-order valence-corrected chi connectivity index (χ3v) is 4.99. The number of piperidine rings is 2. The summed E-state index contributed by atoms with van der Waals surface area (Å²) >= 11 is -3.06. The molecular formula is C18H36Cl4N2Pt. The van der Waals surface area contributed by atoms with Gasteiger partial charge in [0.05, 0.1) is 0 Å². The van der Waals surface area contributed by atoms with Gasteiger partial charge in [0.2, 0.25) is 0 Å². The predicted octanol–water partition coefficient (Wildman–Crippen LogP) is 8.39. The molecule has 0 aliphatic carbocycles. The summed E-state index contributed by atoms with van der Waals surface area (Å²) in [6.07, 6.45) is 5.24. The fourth-order valence-corrected chi connectivity index (χ4v) is 3.23. The van der Waals surface area contributed by atoms with Gasteiger partial charge in [-0.15, -0.1) is 26.2 Å². The maximum atomic E-state index is 5.01. The van der Waals surface area contributed by atoms with Crippen molar-refractivity contribution in [3.63, 3.8) is 0 Å². The Bertz CT molecular complexity index is 302. The van der Waals surface area contributed by atoms with E-state index in [1.165, 1.54) is 25.7 Å². The minimum absolute atomic E-state index is 0.510. The first-order valence-electron chi connectivity index (χ1n) is 8.95. The number of nitrogens with zero attached hydrogens (tertiary/aromatic N) is 2. The van der Waals surface area contributed by atoms with Crippen molar-refractivity contribution < 1.29 is 11.9 Å². The van der Waals surface area contributed by atoms with Crippen molar-refractivity contribution in [2.75, 3.05) is 26.2 Å². The molecule has 2 saturated heterocycles. The molecule has 25 heavy (non-hydrogen) atoms. The summed E-state index contributed by atoms with van der Waals surface area (Å²) in [7, 11) is 20.0. The fraction of sp³-hybridized carbons (Fsp3) is 1.00. The fourth-order valence-electron chi connectivity index (χ4n) is 3.23. The first-order chi connectivity index (χ1) is 11.2. The molecule has 0 aromatic carbocycles. The van der Waals surface area contributed by atoms with Gasteiger partial charge in [0.25, 0.3) is 0 Å². The molecule has 2 rings (SSSR count). The molecule has 0 atom stereocenters. The SMILES string of the molecule is CC(C)(C)C1CC[N-]CC1.CC(C)(C)C1CC[N-]CC1.[Cl][Pt+2]([Cl])([Cl])[Cl]. The Morgan fingerprint density at radius 3 is 0.920 bits per heavy atom. The van der Waals surface area contributed by atoms with Crippen molar-refractivity contribution >= 4 is 37.7 Å². The summed E-state index contributed by atoms with van der Waals surface area (Å²) < 4.78 is 0. The van der Waals surface area contributed by atoms with Gasteiger partial charge in [-0.25, -0.2) is 0 Å². The minimum atomic E-state index is -3.06. The van der Waals surface area contributed by atoms with Gasteiger partial charge in [0, 0.05) is 0 Å². The second-order valence-electron chi connectivity index (χ2n) is 8.89. The zero-order valence-electron chi connectivity index (χ0n) is 16.5. The van der Waals surface area contributed by atoms with Gasteiger partial charge >= 0.3 is 49.6 Å². The number of hydrogen-bond donors (Lipinski definition) is 0. The summed E-state index contributed by atoms with van der Waals surface area (Å²) in [5, 5.41) is 8.68. The van der Waals surface area contributed by atoms with Gasteiger partial charge in [-0.3, -0.25) is 0 Å². The molecule has 2 fully saturated rings. The summed E-state index contributed by atoms with van der Waals surface area (Å²) in [6, 6.07) is 0. The molecule has 0 unspecified atom stereocenters. The Morgan fingerprint density at radius 1 is 0.600 bits per heavy atom. The number of halogens is 4. The standard InChI is InChI=1S/2C9H18N.4ClH.Pt/c2*1-9(2,3)8-4-6-10-7-5-8;;;;;/h2*8H,4-7H2,1-3H3;4*1H;/q2*-1;;;;;+6/p-4. The van der Waals surface area contributed by atoms with E-state index in [0.29, 0.717) is 10.8 Å². The Morgan fingerprint density at radius 2 is 0.800 bits per heavy atom. The van der Waals surface area contributed by atoms with Crippen LogP contribution in [-0.4, -0.2) is 26.2 Å². The third-order valence-electron chi connectivity index (χ3n) is 4.99. The first kappa shape index (κ1) is 26.8. The molecule has 2 aliphatic rings. The zero-order chi connectivity index (χ0) is 19.7. The first-order valence-corrected chi connectivity index (χ1v) is 20.2. The quantitative estimate of drug-likeness (QED) is 0.261. The molecule has 2 heterocycles. The van der Waals surface area contributed by atoms with Gasteiger partial charge in [-0.05, 0) is 22.7 Å². The molecule has 0 bridgehead atoms. The molecule has 0 saturated carbocycles. The monoisotopic (exact) mass is 615 g/mol. The van der Waals surface area contributed by atoms with E-state index in [0.717, 1.165) is 38.0 Å². The molecule has 0 aromatic heterocycles. The molecule has 2 nitrogen and oxygen atoms in total. The van der Waals surface area contributed by atoms with E-state index in [1.54, 1.807) is 0 Å². The van der Waals surface area contributed by atoms with E-state index < -0.39 is 11.9 Å². The van der Waals surface area contributed by atoms with Gasteiger partial charge in [-0.1, -0.05) is 67.2 Å². The summed E-state index contributed by atoms with van der Waals surface area (Å²) in [4.78, 5) is 0. The van der Waals surface area contributed by atoms with E-state index >= 15 is 0 Å². The molecule has 156 valence electrons. The van der Waals surface area contributed by atoms with Crippen molar-refractivity contribution in [1.82, 2.24) is 0 Å². The molecular weight excluding hydrogens is 581 g/mol. The Balaban J connectivity index is 0.000000368. The van der Waals surface area contributed by atoms with Gasteiger partial charge in [0.1, 0.15) is 0 Å². The van der Waals surface area contributed by atoms with E-state index in [4.69, 9.17) is 37.7 Å². The molecule has 7 heteroatoms. The van der Waals surface area contributed by atoms with Gasteiger partial charge in [0.15, 0.2) is 0 Å². The maximum absolute atomic E-state index is 5.01. The van der Waals surface area contributed by atoms with Crippen molar-refractivity contribution in [2.45, 2.75) is 67.2 Å². The molecule has 0 spiro atoms. The van der Waals surface area contributed by atoms with Crippen LogP contribution in [0, 0.1) is 22.7 Å². The van der Waals surface area contributed by atoms with Crippen LogP contribution in [0.5, 0.6) is 0 Å². The average Bonchev–Trinajstić information content (AvgIpc) is 2.46. The average molecular weight is 617 g/mol. The van der Waals surface area contributed by atoms with Crippen LogP contribution in [0.1, 0.15) is 67.2 Å². The Kier molecular flexibility index (Phi) is 13.2. The molecule has 2 aliphatic heterocycles. The number of rotatable bonds is 0. The second-order valence-corrected chi connectivity index (χ2v) is 28.6. The van der Waals surface area contributed by atoms with Crippen molar-refractivity contribution in [1.29, 1.82) is 0 Å². The number of hydrogen-bond acceptors (Lipinski definition) is 0. The van der Waals surface area contributed by atoms with Crippen LogP contribution in [0.15, 0.2) is 0 Å². The van der Waals surface area contributed by atoms with Crippen LogP contribution in [0.2, 0.25) is 0 Å². The van der Waals surface area contributed by atoms with E-state index in [-0.39, 0.29) is 0 Å². The van der Waals surface area contributed by atoms with Crippen LogP contribution in [0.3, 0.4) is 0 Å². The van der Waals surface area contributed by atoms with Crippen LogP contribution in [0.4, 0.5) is 0 Å². The van der Waals surface area contributed by atoms with E-state index in [1.807, 2.05) is 0 Å². The molecule has 0 radical (unpaired) electrons. The van der Waals surface area contributed by atoms with Gasteiger partial charge < -0.3 is 10.6 Å². The Hall–Kier alpha value is 1.77. The summed E-state index contributed by atoms with van der Waals surface area (Å²) in [6.45, 7) is 18.4. The van der Waals surface area contributed by atoms with E-state index in [9.17, 15) is 0 Å². The van der Waals surface area contributed by atoms with Crippen LogP contribution >= 0.6 is 37.7 Å². The summed E-state index contributed by atoms with van der Waals surface area (Å²) in [5.74, 6) is 1.81. The van der Waals surface area contributed by atoms with Crippen molar-refractivity contribution in [3.05, 3.63) is 10.6 Å². The molecule has 0 N–H and O–H groups in total. The van der Waals surface area contributed by atoms with Gasteiger partial charge in [-0.2, -0.15) is 0 Å². The van der Waals surface area contributed by atoms with Crippen LogP contribution in [0.25, 0.3) is 10.6 Å².